The molecule has 1 atom stereocenters. The molecule has 1 fully saturated rings. The molecule has 6 nitrogen and oxygen atoms in total. The molecule has 114 valence electrons. The lowest BCUT2D eigenvalue weighted by Gasteiger charge is -2.32. The van der Waals surface area contributed by atoms with Crippen LogP contribution in [0, 0.1) is 11.8 Å². The normalized spacial score (nSPS) is 31.9. The summed E-state index contributed by atoms with van der Waals surface area (Å²) < 4.78 is 62.0. The Hall–Kier alpha value is -0.700. The second kappa shape index (κ2) is 5.59. The molecule has 2 rings (SSSR count). The fourth-order valence-corrected chi connectivity index (χ4v) is 4.40. The molecule has 0 radical (unpaired) electrons. The highest BCUT2D eigenvalue weighted by Gasteiger charge is 2.32. The fraction of sp³-hybridized carbons (Fsp3) is 0.667. The third-order valence-corrected chi connectivity index (χ3v) is 6.35. The Labute approximate surface area is 119 Å². The summed E-state index contributed by atoms with van der Waals surface area (Å²) in [7, 11) is -8.10. The van der Waals surface area contributed by atoms with E-state index in [0.29, 0.717) is 32.1 Å². The van der Waals surface area contributed by atoms with Crippen LogP contribution in [0.15, 0.2) is 23.1 Å². The van der Waals surface area contributed by atoms with Crippen molar-refractivity contribution in [1.29, 1.82) is 0 Å². The van der Waals surface area contributed by atoms with Crippen molar-refractivity contribution in [3.05, 3.63) is 23.1 Å². The van der Waals surface area contributed by atoms with E-state index in [2.05, 4.69) is 0 Å². The summed E-state index contributed by atoms with van der Waals surface area (Å²) in [6.07, 6.45) is 7.43. The third kappa shape index (κ3) is 3.69. The first-order chi connectivity index (χ1) is 9.18. The van der Waals surface area contributed by atoms with E-state index in [-0.39, 0.29) is 16.7 Å². The lowest BCUT2D eigenvalue weighted by atomic mass is 9.77. The molecule has 0 bridgehead atoms. The van der Waals surface area contributed by atoms with E-state index in [0.717, 1.165) is 0 Å². The van der Waals surface area contributed by atoms with Crippen LogP contribution in [0.3, 0.4) is 0 Å². The molecule has 0 aliphatic heterocycles. The second-order valence-electron chi connectivity index (χ2n) is 5.39. The minimum atomic E-state index is -4.15. The van der Waals surface area contributed by atoms with Gasteiger partial charge in [0.1, 0.15) is 0 Å². The van der Waals surface area contributed by atoms with Crippen LogP contribution in [0.25, 0.3) is 0 Å². The molecule has 2 N–H and O–H groups in total. The van der Waals surface area contributed by atoms with Crippen LogP contribution in [0.1, 0.15) is 32.1 Å². The van der Waals surface area contributed by atoms with Gasteiger partial charge in [-0.15, -0.1) is 0 Å². The Morgan fingerprint density at radius 2 is 1.60 bits per heavy atom. The summed E-state index contributed by atoms with van der Waals surface area (Å²) in [5.41, 5.74) is 0. The molecule has 2 aliphatic rings. The van der Waals surface area contributed by atoms with E-state index >= 15 is 0 Å². The van der Waals surface area contributed by atoms with Gasteiger partial charge in [-0.1, -0.05) is 12.2 Å². The maximum Gasteiger partial charge on any atom is 0.294 e. The quantitative estimate of drug-likeness (QED) is 0.767. The Balaban J connectivity index is 1.95. The van der Waals surface area contributed by atoms with Crippen molar-refractivity contribution in [2.75, 3.05) is 0 Å². The number of hydrogen-bond donors (Lipinski definition) is 2. The van der Waals surface area contributed by atoms with E-state index in [4.69, 9.17) is 9.11 Å². The van der Waals surface area contributed by atoms with Crippen LogP contribution in [0.2, 0.25) is 0 Å². The molecular formula is C12H18O6S2. The summed E-state index contributed by atoms with van der Waals surface area (Å²) in [4.78, 5) is -0.0830. The van der Waals surface area contributed by atoms with Gasteiger partial charge in [-0.3, -0.25) is 9.11 Å². The molecular weight excluding hydrogens is 304 g/mol. The molecule has 0 saturated heterocycles. The van der Waals surface area contributed by atoms with E-state index in [1.165, 1.54) is 12.2 Å². The van der Waals surface area contributed by atoms with Crippen LogP contribution in [0.4, 0.5) is 0 Å². The fourth-order valence-electron chi connectivity index (χ4n) is 2.97. The maximum atomic E-state index is 11.1. The smallest absolute Gasteiger partial charge is 0.285 e. The van der Waals surface area contributed by atoms with Gasteiger partial charge in [0.25, 0.3) is 20.2 Å². The predicted molar refractivity (Wildman–Crippen MR) is 74.2 cm³/mol. The van der Waals surface area contributed by atoms with Crippen LogP contribution in [-0.2, 0) is 20.2 Å². The van der Waals surface area contributed by atoms with Crippen molar-refractivity contribution in [2.45, 2.75) is 37.4 Å². The maximum absolute atomic E-state index is 11.1. The monoisotopic (exact) mass is 322 g/mol. The van der Waals surface area contributed by atoms with Gasteiger partial charge < -0.3 is 0 Å². The number of hydrogen-bond acceptors (Lipinski definition) is 4. The lowest BCUT2D eigenvalue weighted by molar-refractivity contribution is 0.280. The number of allylic oxidation sites excluding steroid dienone is 3. The van der Waals surface area contributed by atoms with Crippen molar-refractivity contribution in [1.82, 2.24) is 0 Å². The molecule has 8 heteroatoms. The average Bonchev–Trinajstić information content (AvgIpc) is 2.37. The van der Waals surface area contributed by atoms with Gasteiger partial charge in [-0.05, 0) is 50.0 Å². The largest absolute Gasteiger partial charge is 0.294 e. The Morgan fingerprint density at radius 3 is 2.00 bits per heavy atom. The highest BCUT2D eigenvalue weighted by atomic mass is 32.2. The van der Waals surface area contributed by atoms with E-state index in [1.54, 1.807) is 6.08 Å². The predicted octanol–water partition coefficient (Wildman–Crippen LogP) is 1.78. The van der Waals surface area contributed by atoms with Crippen molar-refractivity contribution in [3.63, 3.8) is 0 Å². The Bertz CT molecular complexity index is 621. The van der Waals surface area contributed by atoms with Crippen molar-refractivity contribution in [3.8, 4) is 0 Å². The molecule has 0 amide bonds. The zero-order valence-electron chi connectivity index (χ0n) is 10.8. The molecule has 0 heterocycles. The van der Waals surface area contributed by atoms with Crippen LogP contribution < -0.4 is 0 Å². The van der Waals surface area contributed by atoms with E-state index < -0.39 is 25.5 Å². The lowest BCUT2D eigenvalue weighted by Crippen LogP contribution is -2.29. The summed E-state index contributed by atoms with van der Waals surface area (Å²) in [6.45, 7) is 0. The molecule has 1 saturated carbocycles. The molecule has 2 aliphatic carbocycles. The third-order valence-electron chi connectivity index (χ3n) is 4.14. The first kappa shape index (κ1) is 15.7. The van der Waals surface area contributed by atoms with Gasteiger partial charge in [0.05, 0.1) is 10.2 Å². The Morgan fingerprint density at radius 1 is 1.00 bits per heavy atom. The van der Waals surface area contributed by atoms with Gasteiger partial charge in [-0.2, -0.15) is 16.8 Å². The zero-order valence-corrected chi connectivity index (χ0v) is 12.5. The van der Waals surface area contributed by atoms with Crippen LogP contribution in [-0.4, -0.2) is 31.2 Å². The van der Waals surface area contributed by atoms with Gasteiger partial charge in [0.15, 0.2) is 0 Å². The molecule has 0 aromatic heterocycles. The molecule has 0 spiro atoms. The van der Waals surface area contributed by atoms with Crippen molar-refractivity contribution < 1.29 is 25.9 Å². The first-order valence-electron chi connectivity index (χ1n) is 6.50. The van der Waals surface area contributed by atoms with Crippen LogP contribution in [0.5, 0.6) is 0 Å². The zero-order chi connectivity index (χ0) is 15.0. The molecule has 0 aromatic rings. The molecule has 20 heavy (non-hydrogen) atoms. The van der Waals surface area contributed by atoms with Crippen molar-refractivity contribution >= 4 is 20.2 Å². The van der Waals surface area contributed by atoms with Crippen molar-refractivity contribution in [2.24, 2.45) is 11.8 Å². The topological polar surface area (TPSA) is 109 Å². The summed E-state index contributed by atoms with van der Waals surface area (Å²) in [5.74, 6) is 0.436. The summed E-state index contributed by atoms with van der Waals surface area (Å²) in [5, 5.41) is -0.671. The van der Waals surface area contributed by atoms with Crippen LogP contribution >= 0.6 is 0 Å². The molecule has 0 aromatic carbocycles. The van der Waals surface area contributed by atoms with Gasteiger partial charge >= 0.3 is 0 Å². The van der Waals surface area contributed by atoms with Gasteiger partial charge in [0, 0.05) is 0 Å². The standard InChI is InChI=1S/C12H18O6S2/c13-19(14,15)11-5-1-9(2-6-11)10-3-7-12(8-4-10)20(16,17)18/h1,5-6,9-10,12H,2-4,7-8H2,(H,13,14,15)(H,16,17,18). The minimum Gasteiger partial charge on any atom is -0.285 e. The highest BCUT2D eigenvalue weighted by molar-refractivity contribution is 7.90. The first-order valence-corrected chi connectivity index (χ1v) is 9.44. The average molecular weight is 322 g/mol. The summed E-state index contributed by atoms with van der Waals surface area (Å²) >= 11 is 0. The van der Waals surface area contributed by atoms with Gasteiger partial charge in [-0.25, -0.2) is 0 Å². The Kier molecular flexibility index (Phi) is 4.38. The summed E-state index contributed by atoms with van der Waals surface area (Å²) in [6, 6.07) is 0. The van der Waals surface area contributed by atoms with Gasteiger partial charge in [0.2, 0.25) is 0 Å². The highest BCUT2D eigenvalue weighted by Crippen LogP contribution is 2.37. The number of rotatable bonds is 3. The second-order valence-corrected chi connectivity index (χ2v) is 8.51. The molecule has 1 unspecified atom stereocenters. The minimum absolute atomic E-state index is 0.0830. The van der Waals surface area contributed by atoms with E-state index in [9.17, 15) is 16.8 Å². The SMILES string of the molecule is O=S(=O)(O)C1=CCC(C2CCC(S(=O)(=O)O)CC2)C=C1. The van der Waals surface area contributed by atoms with E-state index in [1.807, 2.05) is 0 Å².